The van der Waals surface area contributed by atoms with Gasteiger partial charge in [0.1, 0.15) is 0 Å². The molecule has 15 heavy (non-hydrogen) atoms. The first-order valence-electron chi connectivity index (χ1n) is 6.58. The van der Waals surface area contributed by atoms with Gasteiger partial charge in [0.15, 0.2) is 0 Å². The van der Waals surface area contributed by atoms with Gasteiger partial charge in [0.05, 0.1) is 6.10 Å². The van der Waals surface area contributed by atoms with E-state index in [1.165, 1.54) is 38.5 Å². The van der Waals surface area contributed by atoms with E-state index in [9.17, 15) is 0 Å². The van der Waals surface area contributed by atoms with E-state index in [-0.39, 0.29) is 0 Å². The highest BCUT2D eigenvalue weighted by Crippen LogP contribution is 2.25. The third-order valence-electron chi connectivity index (χ3n) is 3.58. The number of unbranched alkanes of at least 4 members (excludes halogenated alkanes) is 3. The third kappa shape index (κ3) is 4.12. The quantitative estimate of drug-likeness (QED) is 0.656. The predicted molar refractivity (Wildman–Crippen MR) is 65.1 cm³/mol. The second-order valence-corrected chi connectivity index (χ2v) is 4.85. The second-order valence-electron chi connectivity index (χ2n) is 4.85. The Labute approximate surface area is 94.8 Å². The maximum absolute atomic E-state index is 5.81. The van der Waals surface area contributed by atoms with Gasteiger partial charge in [-0.25, -0.2) is 0 Å². The lowest BCUT2D eigenvalue weighted by Gasteiger charge is -2.25. The average Bonchev–Trinajstić information content (AvgIpc) is 2.65. The summed E-state index contributed by atoms with van der Waals surface area (Å²) in [5, 5.41) is 3.43. The topological polar surface area (TPSA) is 21.3 Å². The number of likely N-dealkylation sites (N-methyl/N-ethyl adjacent to an activating group) is 1. The molecule has 0 amide bonds. The summed E-state index contributed by atoms with van der Waals surface area (Å²) in [5.74, 6) is 0.730. The molecule has 0 radical (unpaired) electrons. The summed E-state index contributed by atoms with van der Waals surface area (Å²) in [5.41, 5.74) is 0. The Morgan fingerprint density at radius 2 is 2.13 bits per heavy atom. The number of ether oxygens (including phenoxy) is 1. The zero-order valence-corrected chi connectivity index (χ0v) is 10.6. The monoisotopic (exact) mass is 213 g/mol. The van der Waals surface area contributed by atoms with Crippen molar-refractivity contribution in [3.63, 3.8) is 0 Å². The molecular formula is C13H27NO. The minimum Gasteiger partial charge on any atom is -0.376 e. The van der Waals surface area contributed by atoms with E-state index < -0.39 is 0 Å². The lowest BCUT2D eigenvalue weighted by atomic mass is 9.94. The second kappa shape index (κ2) is 7.24. The van der Waals surface area contributed by atoms with Gasteiger partial charge in [-0.05, 0) is 25.8 Å². The van der Waals surface area contributed by atoms with E-state index in [0.717, 1.165) is 12.5 Å². The molecule has 0 aromatic heterocycles. The van der Waals surface area contributed by atoms with E-state index in [1.807, 2.05) is 0 Å². The van der Waals surface area contributed by atoms with Crippen LogP contribution in [0.1, 0.15) is 52.4 Å². The molecule has 0 spiro atoms. The van der Waals surface area contributed by atoms with Gasteiger partial charge in [0.25, 0.3) is 0 Å². The highest BCUT2D eigenvalue weighted by atomic mass is 16.5. The van der Waals surface area contributed by atoms with Gasteiger partial charge >= 0.3 is 0 Å². The molecule has 90 valence electrons. The van der Waals surface area contributed by atoms with Gasteiger partial charge in [0, 0.05) is 12.6 Å². The lowest BCUT2D eigenvalue weighted by Crippen LogP contribution is -2.40. The number of hydrogen-bond donors (Lipinski definition) is 1. The summed E-state index contributed by atoms with van der Waals surface area (Å²) in [6, 6.07) is 0.569. The van der Waals surface area contributed by atoms with Crippen LogP contribution in [0.4, 0.5) is 0 Å². The van der Waals surface area contributed by atoms with Gasteiger partial charge in [0.2, 0.25) is 0 Å². The van der Waals surface area contributed by atoms with E-state index >= 15 is 0 Å². The van der Waals surface area contributed by atoms with E-state index in [1.54, 1.807) is 0 Å². The van der Waals surface area contributed by atoms with E-state index in [4.69, 9.17) is 4.74 Å². The Morgan fingerprint density at radius 3 is 2.67 bits per heavy atom. The van der Waals surface area contributed by atoms with Crippen molar-refractivity contribution in [2.24, 2.45) is 5.92 Å². The van der Waals surface area contributed by atoms with Crippen LogP contribution in [0.5, 0.6) is 0 Å². The van der Waals surface area contributed by atoms with Gasteiger partial charge in [-0.1, -0.05) is 39.5 Å². The lowest BCUT2D eigenvalue weighted by molar-refractivity contribution is 0.0598. The predicted octanol–water partition coefficient (Wildman–Crippen LogP) is 2.97. The summed E-state index contributed by atoms with van der Waals surface area (Å²) in [6.45, 7) is 5.53. The molecule has 1 aliphatic heterocycles. The molecule has 1 rings (SSSR count). The molecule has 2 heteroatoms. The molecule has 0 bridgehead atoms. The number of hydrogen-bond acceptors (Lipinski definition) is 2. The molecule has 0 aromatic carbocycles. The molecule has 1 aliphatic rings. The van der Waals surface area contributed by atoms with Crippen LogP contribution < -0.4 is 5.32 Å². The van der Waals surface area contributed by atoms with Crippen LogP contribution in [0.25, 0.3) is 0 Å². The van der Waals surface area contributed by atoms with Crippen molar-refractivity contribution in [1.29, 1.82) is 0 Å². The third-order valence-corrected chi connectivity index (χ3v) is 3.58. The molecule has 0 aliphatic carbocycles. The molecule has 3 atom stereocenters. The van der Waals surface area contributed by atoms with Crippen LogP contribution in [-0.2, 0) is 4.74 Å². The largest absolute Gasteiger partial charge is 0.376 e. The Bertz CT molecular complexity index is 161. The maximum Gasteiger partial charge on any atom is 0.0754 e. The summed E-state index contributed by atoms with van der Waals surface area (Å²) in [7, 11) is 2.07. The van der Waals surface area contributed by atoms with Crippen molar-refractivity contribution in [1.82, 2.24) is 5.32 Å². The van der Waals surface area contributed by atoms with Crippen LogP contribution in [0.15, 0.2) is 0 Å². The maximum atomic E-state index is 5.81. The highest BCUT2D eigenvalue weighted by molar-refractivity contribution is 4.83. The van der Waals surface area contributed by atoms with Crippen LogP contribution in [0.3, 0.4) is 0 Å². The zero-order chi connectivity index (χ0) is 11.1. The first-order chi connectivity index (χ1) is 7.29. The molecule has 2 nitrogen and oxygen atoms in total. The molecule has 0 aromatic rings. The van der Waals surface area contributed by atoms with Crippen molar-refractivity contribution < 1.29 is 4.74 Å². The van der Waals surface area contributed by atoms with Crippen molar-refractivity contribution in [2.75, 3.05) is 13.7 Å². The standard InChI is InChI=1S/C13H27NO/c1-4-5-6-7-8-12(14-3)13-11(2)9-10-15-13/h11-14H,4-10H2,1-3H3. The Kier molecular flexibility index (Phi) is 6.26. The first kappa shape index (κ1) is 13.0. The summed E-state index contributed by atoms with van der Waals surface area (Å²) < 4.78 is 5.81. The molecule has 1 N–H and O–H groups in total. The fraction of sp³-hybridized carbons (Fsp3) is 1.00. The first-order valence-corrected chi connectivity index (χ1v) is 6.58. The summed E-state index contributed by atoms with van der Waals surface area (Å²) in [6.07, 6.45) is 8.36. The van der Waals surface area contributed by atoms with Gasteiger partial charge in [-0.3, -0.25) is 0 Å². The fourth-order valence-electron chi connectivity index (χ4n) is 2.50. The van der Waals surface area contributed by atoms with Gasteiger partial charge in [-0.15, -0.1) is 0 Å². The summed E-state index contributed by atoms with van der Waals surface area (Å²) >= 11 is 0. The number of rotatable bonds is 7. The summed E-state index contributed by atoms with van der Waals surface area (Å²) in [4.78, 5) is 0. The van der Waals surface area contributed by atoms with Crippen LogP contribution >= 0.6 is 0 Å². The fourth-order valence-corrected chi connectivity index (χ4v) is 2.50. The van der Waals surface area contributed by atoms with Crippen LogP contribution in [0.2, 0.25) is 0 Å². The molecule has 1 fully saturated rings. The molecule has 1 saturated heterocycles. The average molecular weight is 213 g/mol. The van der Waals surface area contributed by atoms with Crippen LogP contribution in [0, 0.1) is 5.92 Å². The van der Waals surface area contributed by atoms with Crippen molar-refractivity contribution in [3.8, 4) is 0 Å². The molecule has 3 unspecified atom stereocenters. The van der Waals surface area contributed by atoms with Gasteiger partial charge in [-0.2, -0.15) is 0 Å². The minimum atomic E-state index is 0.455. The number of nitrogens with one attached hydrogen (secondary N) is 1. The Morgan fingerprint density at radius 1 is 1.33 bits per heavy atom. The van der Waals surface area contributed by atoms with Gasteiger partial charge < -0.3 is 10.1 Å². The Hall–Kier alpha value is -0.0800. The SMILES string of the molecule is CCCCCCC(NC)C1OCCC1C. The molecule has 1 heterocycles. The molecule has 0 saturated carbocycles. The van der Waals surface area contributed by atoms with Crippen LogP contribution in [-0.4, -0.2) is 25.8 Å². The minimum absolute atomic E-state index is 0.455. The highest BCUT2D eigenvalue weighted by Gasteiger charge is 2.30. The van der Waals surface area contributed by atoms with E-state index in [0.29, 0.717) is 12.1 Å². The smallest absolute Gasteiger partial charge is 0.0754 e. The van der Waals surface area contributed by atoms with Crippen molar-refractivity contribution in [2.45, 2.75) is 64.5 Å². The van der Waals surface area contributed by atoms with E-state index in [2.05, 4.69) is 26.2 Å². The normalized spacial score (nSPS) is 28.2. The molecular weight excluding hydrogens is 186 g/mol. The van der Waals surface area contributed by atoms with Crippen molar-refractivity contribution >= 4 is 0 Å². The zero-order valence-electron chi connectivity index (χ0n) is 10.6. The van der Waals surface area contributed by atoms with Crippen molar-refractivity contribution in [3.05, 3.63) is 0 Å². The Balaban J connectivity index is 2.22.